The van der Waals surface area contributed by atoms with Crippen LogP contribution < -0.4 is 15.4 Å². The van der Waals surface area contributed by atoms with Gasteiger partial charge in [0, 0.05) is 18.1 Å². The predicted molar refractivity (Wildman–Crippen MR) is 95.2 cm³/mol. The number of rotatable bonds is 6. The average molecular weight is 345 g/mol. The maximum Gasteiger partial charge on any atom is 0.237 e. The zero-order chi connectivity index (χ0) is 16.9. The van der Waals surface area contributed by atoms with Crippen LogP contribution in [0.15, 0.2) is 42.5 Å². The molecule has 1 atom stereocenters. The van der Waals surface area contributed by atoms with Gasteiger partial charge in [0.15, 0.2) is 0 Å². The van der Waals surface area contributed by atoms with Gasteiger partial charge < -0.3 is 15.4 Å². The van der Waals surface area contributed by atoms with E-state index in [2.05, 4.69) is 16.7 Å². The first-order chi connectivity index (χ1) is 11.6. The molecule has 24 heavy (non-hydrogen) atoms. The number of halogens is 1. The molecule has 2 aromatic rings. The number of hydrogen-bond acceptors (Lipinski definition) is 3. The molecule has 0 radical (unpaired) electrons. The van der Waals surface area contributed by atoms with E-state index in [1.54, 1.807) is 0 Å². The lowest BCUT2D eigenvalue weighted by Crippen LogP contribution is -2.35. The lowest BCUT2D eigenvalue weighted by atomic mass is 10.1. The molecule has 5 heteroatoms. The molecule has 1 aliphatic rings. The lowest BCUT2D eigenvalue weighted by molar-refractivity contribution is -0.120. The molecule has 126 valence electrons. The van der Waals surface area contributed by atoms with Crippen LogP contribution in [0, 0.1) is 6.92 Å². The van der Waals surface area contributed by atoms with E-state index in [0.29, 0.717) is 18.2 Å². The fourth-order valence-corrected chi connectivity index (χ4v) is 3.01. The molecule has 0 saturated carbocycles. The van der Waals surface area contributed by atoms with Gasteiger partial charge in [0.05, 0.1) is 6.04 Å². The van der Waals surface area contributed by atoms with Gasteiger partial charge in [0.25, 0.3) is 0 Å². The summed E-state index contributed by atoms with van der Waals surface area (Å²) >= 11 is 5.99. The molecule has 1 heterocycles. The topological polar surface area (TPSA) is 50.4 Å². The predicted octanol–water partition coefficient (Wildman–Crippen LogP) is 3.21. The van der Waals surface area contributed by atoms with E-state index in [1.807, 2.05) is 43.3 Å². The molecule has 1 aliphatic heterocycles. The zero-order valence-corrected chi connectivity index (χ0v) is 14.4. The van der Waals surface area contributed by atoms with E-state index in [0.717, 1.165) is 35.4 Å². The van der Waals surface area contributed by atoms with E-state index in [1.165, 1.54) is 0 Å². The summed E-state index contributed by atoms with van der Waals surface area (Å²) in [6, 6.07) is 13.7. The highest BCUT2D eigenvalue weighted by atomic mass is 35.5. The molecule has 2 aromatic carbocycles. The minimum atomic E-state index is -0.0796. The van der Waals surface area contributed by atoms with Crippen molar-refractivity contribution in [1.29, 1.82) is 0 Å². The lowest BCUT2D eigenvalue weighted by Gasteiger charge is -2.13. The van der Waals surface area contributed by atoms with Crippen molar-refractivity contribution in [2.45, 2.75) is 32.5 Å². The minimum Gasteiger partial charge on any atom is -0.489 e. The number of carbonyl (C=O) groups excluding carboxylic acids is 1. The number of amides is 1. The van der Waals surface area contributed by atoms with Crippen molar-refractivity contribution in [1.82, 2.24) is 10.6 Å². The summed E-state index contributed by atoms with van der Waals surface area (Å²) in [5.74, 6) is 0.950. The fraction of sp³-hybridized carbons (Fsp3) is 0.316. The molecule has 1 amide bonds. The van der Waals surface area contributed by atoms with Gasteiger partial charge in [-0.05, 0) is 48.2 Å². The van der Waals surface area contributed by atoms with E-state index in [4.69, 9.17) is 16.3 Å². The normalized spacial score (nSPS) is 16.9. The van der Waals surface area contributed by atoms with E-state index in [-0.39, 0.29) is 11.9 Å². The van der Waals surface area contributed by atoms with Gasteiger partial charge in [-0.3, -0.25) is 4.79 Å². The average Bonchev–Trinajstić information content (AvgIpc) is 2.97. The van der Waals surface area contributed by atoms with Gasteiger partial charge in [-0.1, -0.05) is 35.9 Å². The summed E-state index contributed by atoms with van der Waals surface area (Å²) in [4.78, 5) is 11.6. The van der Waals surface area contributed by atoms with Crippen LogP contribution in [0.25, 0.3) is 0 Å². The summed E-state index contributed by atoms with van der Waals surface area (Å²) in [6.45, 7) is 3.94. The maximum absolute atomic E-state index is 11.6. The van der Waals surface area contributed by atoms with Crippen LogP contribution in [0.1, 0.15) is 23.1 Å². The molecule has 1 saturated heterocycles. The van der Waals surface area contributed by atoms with E-state index >= 15 is 0 Å². The second-order valence-electron chi connectivity index (χ2n) is 6.03. The van der Waals surface area contributed by atoms with Crippen molar-refractivity contribution < 1.29 is 9.53 Å². The first-order valence-corrected chi connectivity index (χ1v) is 8.47. The van der Waals surface area contributed by atoms with Crippen molar-refractivity contribution in [2.75, 3.05) is 6.54 Å². The molecular formula is C19H21ClN2O2. The Hall–Kier alpha value is -2.04. The van der Waals surface area contributed by atoms with Crippen LogP contribution in [0.2, 0.25) is 5.02 Å². The minimum absolute atomic E-state index is 0.0796. The second kappa shape index (κ2) is 7.69. The number of hydrogen-bond donors (Lipinski definition) is 2. The highest BCUT2D eigenvalue weighted by molar-refractivity contribution is 6.30. The molecule has 0 spiro atoms. The Labute approximate surface area is 147 Å². The third kappa shape index (κ3) is 4.28. The molecule has 2 N–H and O–H groups in total. The largest absolute Gasteiger partial charge is 0.489 e. The van der Waals surface area contributed by atoms with Gasteiger partial charge in [-0.25, -0.2) is 0 Å². The Balaban J connectivity index is 1.57. The van der Waals surface area contributed by atoms with Crippen molar-refractivity contribution in [2.24, 2.45) is 0 Å². The Kier molecular flexibility index (Phi) is 5.38. The van der Waals surface area contributed by atoms with Crippen LogP contribution in [0.3, 0.4) is 0 Å². The van der Waals surface area contributed by atoms with Gasteiger partial charge in [0.1, 0.15) is 12.4 Å². The quantitative estimate of drug-likeness (QED) is 0.846. The fourth-order valence-electron chi connectivity index (χ4n) is 2.80. The Morgan fingerprint density at radius 3 is 2.83 bits per heavy atom. The summed E-state index contributed by atoms with van der Waals surface area (Å²) in [5, 5.41) is 6.84. The number of nitrogens with one attached hydrogen (secondary N) is 2. The van der Waals surface area contributed by atoms with Crippen LogP contribution in [-0.2, 0) is 17.9 Å². The highest BCUT2D eigenvalue weighted by Crippen LogP contribution is 2.21. The van der Waals surface area contributed by atoms with Crippen molar-refractivity contribution in [3.8, 4) is 5.75 Å². The molecule has 4 nitrogen and oxygen atoms in total. The van der Waals surface area contributed by atoms with Crippen molar-refractivity contribution in [3.05, 3.63) is 64.2 Å². The molecule has 3 rings (SSSR count). The van der Waals surface area contributed by atoms with E-state index < -0.39 is 0 Å². The standard InChI is InChI=1S/C19H21ClN2O2/c1-13-9-14(11-22-17-7-8-21-19(17)23)5-6-18(13)24-12-15-3-2-4-16(20)10-15/h2-6,9-10,17,22H,7-8,11-12H2,1H3,(H,21,23). The summed E-state index contributed by atoms with van der Waals surface area (Å²) in [6.07, 6.45) is 0.846. The molecule has 1 unspecified atom stereocenters. The summed E-state index contributed by atoms with van der Waals surface area (Å²) < 4.78 is 5.88. The van der Waals surface area contributed by atoms with Crippen LogP contribution in [0.4, 0.5) is 0 Å². The summed E-state index contributed by atoms with van der Waals surface area (Å²) in [5.41, 5.74) is 3.26. The molecule has 1 fully saturated rings. The number of ether oxygens (including phenoxy) is 1. The molecule has 0 bridgehead atoms. The second-order valence-corrected chi connectivity index (χ2v) is 6.47. The van der Waals surface area contributed by atoms with E-state index in [9.17, 15) is 4.79 Å². The van der Waals surface area contributed by atoms with Crippen LogP contribution >= 0.6 is 11.6 Å². The SMILES string of the molecule is Cc1cc(CNC2CCNC2=O)ccc1OCc1cccc(Cl)c1. The third-order valence-electron chi connectivity index (χ3n) is 4.12. The Morgan fingerprint density at radius 1 is 1.25 bits per heavy atom. The van der Waals surface area contributed by atoms with Crippen molar-refractivity contribution in [3.63, 3.8) is 0 Å². The Bertz CT molecular complexity index is 733. The third-order valence-corrected chi connectivity index (χ3v) is 4.36. The number of benzene rings is 2. The highest BCUT2D eigenvalue weighted by Gasteiger charge is 2.22. The molecule has 0 aliphatic carbocycles. The van der Waals surface area contributed by atoms with Crippen molar-refractivity contribution >= 4 is 17.5 Å². The van der Waals surface area contributed by atoms with Gasteiger partial charge in [-0.15, -0.1) is 0 Å². The van der Waals surface area contributed by atoms with Crippen LogP contribution in [-0.4, -0.2) is 18.5 Å². The van der Waals surface area contributed by atoms with Gasteiger partial charge >= 0.3 is 0 Å². The first-order valence-electron chi connectivity index (χ1n) is 8.10. The zero-order valence-electron chi connectivity index (χ0n) is 13.6. The monoisotopic (exact) mass is 344 g/mol. The maximum atomic E-state index is 11.6. The number of aryl methyl sites for hydroxylation is 1. The molecular weight excluding hydrogens is 324 g/mol. The smallest absolute Gasteiger partial charge is 0.237 e. The van der Waals surface area contributed by atoms with Crippen LogP contribution in [0.5, 0.6) is 5.75 Å². The molecule has 0 aromatic heterocycles. The Morgan fingerprint density at radius 2 is 2.12 bits per heavy atom. The first kappa shape index (κ1) is 16.8. The number of carbonyl (C=O) groups is 1. The summed E-state index contributed by atoms with van der Waals surface area (Å²) in [7, 11) is 0. The van der Waals surface area contributed by atoms with Gasteiger partial charge in [-0.2, -0.15) is 0 Å². The van der Waals surface area contributed by atoms with Gasteiger partial charge in [0.2, 0.25) is 5.91 Å².